The van der Waals surface area contributed by atoms with Crippen molar-refractivity contribution in [3.05, 3.63) is 54.1 Å². The molecule has 0 aliphatic rings. The smallest absolute Gasteiger partial charge is 0.131 e. The normalized spacial score (nSPS) is 10.1. The van der Waals surface area contributed by atoms with Gasteiger partial charge in [-0.1, -0.05) is 40.2 Å². The molecule has 0 fully saturated rings. The van der Waals surface area contributed by atoms with Crippen LogP contribution in [-0.4, -0.2) is 5.11 Å². The molecule has 2 aromatic carbocycles. The molecule has 0 amide bonds. The third-order valence-electron chi connectivity index (χ3n) is 2.18. The molecule has 0 heterocycles. The SMILES string of the molecule is Oc1cc(Oc2ccccc2)ccc1CBr. The molecule has 0 saturated carbocycles. The lowest BCUT2D eigenvalue weighted by Crippen LogP contribution is -1.85. The summed E-state index contributed by atoms with van der Waals surface area (Å²) in [6, 6.07) is 14.8. The Morgan fingerprint density at radius 3 is 2.38 bits per heavy atom. The van der Waals surface area contributed by atoms with Gasteiger partial charge < -0.3 is 9.84 Å². The monoisotopic (exact) mass is 278 g/mol. The van der Waals surface area contributed by atoms with E-state index in [9.17, 15) is 5.11 Å². The van der Waals surface area contributed by atoms with E-state index < -0.39 is 0 Å². The van der Waals surface area contributed by atoms with Crippen molar-refractivity contribution in [1.29, 1.82) is 0 Å². The van der Waals surface area contributed by atoms with E-state index in [1.807, 2.05) is 42.5 Å². The van der Waals surface area contributed by atoms with Crippen LogP contribution in [0.5, 0.6) is 17.2 Å². The standard InChI is InChI=1S/C13H11BrO2/c14-9-10-6-7-12(8-13(10)15)16-11-4-2-1-3-5-11/h1-8,15H,9H2. The third-order valence-corrected chi connectivity index (χ3v) is 2.78. The fraction of sp³-hybridized carbons (Fsp3) is 0.0769. The number of phenolic OH excluding ortho intramolecular Hbond substituents is 1. The molecule has 2 aromatic rings. The molecule has 0 aliphatic heterocycles. The number of phenols is 1. The molecule has 0 spiro atoms. The van der Waals surface area contributed by atoms with Gasteiger partial charge in [0.1, 0.15) is 17.2 Å². The lowest BCUT2D eigenvalue weighted by molar-refractivity contribution is 0.452. The summed E-state index contributed by atoms with van der Waals surface area (Å²) in [6.07, 6.45) is 0. The molecule has 1 N–H and O–H groups in total. The van der Waals surface area contributed by atoms with Crippen LogP contribution in [0.3, 0.4) is 0 Å². The van der Waals surface area contributed by atoms with Crippen LogP contribution in [0, 0.1) is 0 Å². The van der Waals surface area contributed by atoms with E-state index in [2.05, 4.69) is 15.9 Å². The van der Waals surface area contributed by atoms with E-state index in [0.717, 1.165) is 11.3 Å². The number of halogens is 1. The van der Waals surface area contributed by atoms with E-state index >= 15 is 0 Å². The van der Waals surface area contributed by atoms with Crippen molar-refractivity contribution in [2.24, 2.45) is 0 Å². The first-order valence-electron chi connectivity index (χ1n) is 4.90. The highest BCUT2D eigenvalue weighted by Crippen LogP contribution is 2.28. The average molecular weight is 279 g/mol. The highest BCUT2D eigenvalue weighted by Gasteiger charge is 2.02. The maximum absolute atomic E-state index is 9.66. The second kappa shape index (κ2) is 5.03. The molecular formula is C13H11BrO2. The van der Waals surface area contributed by atoms with Gasteiger partial charge >= 0.3 is 0 Å². The molecule has 0 unspecified atom stereocenters. The van der Waals surface area contributed by atoms with Gasteiger partial charge in [0.15, 0.2) is 0 Å². The molecule has 16 heavy (non-hydrogen) atoms. The van der Waals surface area contributed by atoms with Crippen LogP contribution < -0.4 is 4.74 Å². The number of hydrogen-bond acceptors (Lipinski definition) is 2. The van der Waals surface area contributed by atoms with Gasteiger partial charge in [-0.2, -0.15) is 0 Å². The van der Waals surface area contributed by atoms with Gasteiger partial charge in [-0.05, 0) is 18.2 Å². The number of ether oxygens (including phenoxy) is 1. The average Bonchev–Trinajstić information content (AvgIpc) is 2.31. The number of hydrogen-bond donors (Lipinski definition) is 1. The Morgan fingerprint density at radius 2 is 1.75 bits per heavy atom. The topological polar surface area (TPSA) is 29.5 Å². The summed E-state index contributed by atoms with van der Waals surface area (Å²) < 4.78 is 5.58. The van der Waals surface area contributed by atoms with Gasteiger partial charge in [0, 0.05) is 17.0 Å². The number of para-hydroxylation sites is 1. The van der Waals surface area contributed by atoms with Gasteiger partial charge in [-0.25, -0.2) is 0 Å². The van der Waals surface area contributed by atoms with E-state index in [4.69, 9.17) is 4.74 Å². The fourth-order valence-corrected chi connectivity index (χ4v) is 1.82. The summed E-state index contributed by atoms with van der Waals surface area (Å²) in [5.41, 5.74) is 0.848. The van der Waals surface area contributed by atoms with Crippen molar-refractivity contribution in [1.82, 2.24) is 0 Å². The van der Waals surface area contributed by atoms with Crippen LogP contribution in [-0.2, 0) is 5.33 Å². The summed E-state index contributed by atoms with van der Waals surface area (Å²) >= 11 is 3.30. The Bertz CT molecular complexity index is 469. The minimum Gasteiger partial charge on any atom is -0.507 e. The van der Waals surface area contributed by atoms with Crippen LogP contribution >= 0.6 is 15.9 Å². The van der Waals surface area contributed by atoms with Crippen molar-refractivity contribution in [2.45, 2.75) is 5.33 Å². The van der Waals surface area contributed by atoms with Crippen LogP contribution in [0.2, 0.25) is 0 Å². The van der Waals surface area contributed by atoms with Crippen molar-refractivity contribution < 1.29 is 9.84 Å². The van der Waals surface area contributed by atoms with E-state index in [1.165, 1.54) is 0 Å². The van der Waals surface area contributed by atoms with Crippen LogP contribution in [0.25, 0.3) is 0 Å². The Labute approximate surface area is 103 Å². The second-order valence-electron chi connectivity index (χ2n) is 3.34. The van der Waals surface area contributed by atoms with Gasteiger partial charge in [0.25, 0.3) is 0 Å². The van der Waals surface area contributed by atoms with Crippen LogP contribution in [0.1, 0.15) is 5.56 Å². The molecule has 0 aliphatic carbocycles. The first-order chi connectivity index (χ1) is 7.79. The number of alkyl halides is 1. The van der Waals surface area contributed by atoms with Crippen molar-refractivity contribution >= 4 is 15.9 Å². The Hall–Kier alpha value is -1.48. The molecule has 0 atom stereocenters. The Morgan fingerprint density at radius 1 is 1.00 bits per heavy atom. The lowest BCUT2D eigenvalue weighted by Gasteiger charge is -2.07. The molecule has 0 aromatic heterocycles. The molecule has 2 rings (SSSR count). The van der Waals surface area contributed by atoms with E-state index in [0.29, 0.717) is 11.1 Å². The third kappa shape index (κ3) is 2.55. The number of rotatable bonds is 3. The number of aromatic hydroxyl groups is 1. The summed E-state index contributed by atoms with van der Waals surface area (Å²) in [4.78, 5) is 0. The van der Waals surface area contributed by atoms with Gasteiger partial charge in [0.2, 0.25) is 0 Å². The summed E-state index contributed by atoms with van der Waals surface area (Å²) in [5.74, 6) is 1.63. The molecule has 82 valence electrons. The van der Waals surface area contributed by atoms with Crippen molar-refractivity contribution in [2.75, 3.05) is 0 Å². The summed E-state index contributed by atoms with van der Waals surface area (Å²) in [6.45, 7) is 0. The Balaban J connectivity index is 2.20. The zero-order valence-corrected chi connectivity index (χ0v) is 10.1. The minimum absolute atomic E-state index is 0.241. The van der Waals surface area contributed by atoms with E-state index in [1.54, 1.807) is 6.07 Å². The Kier molecular flexibility index (Phi) is 3.47. The second-order valence-corrected chi connectivity index (χ2v) is 3.90. The number of benzene rings is 2. The molecule has 3 heteroatoms. The zero-order valence-electron chi connectivity index (χ0n) is 8.56. The molecule has 0 bridgehead atoms. The van der Waals surface area contributed by atoms with Crippen molar-refractivity contribution in [3.8, 4) is 17.2 Å². The lowest BCUT2D eigenvalue weighted by atomic mass is 10.2. The summed E-state index contributed by atoms with van der Waals surface area (Å²) in [7, 11) is 0. The quantitative estimate of drug-likeness (QED) is 0.858. The van der Waals surface area contributed by atoms with Gasteiger partial charge in [0.05, 0.1) is 0 Å². The summed E-state index contributed by atoms with van der Waals surface area (Å²) in [5, 5.41) is 10.3. The maximum Gasteiger partial charge on any atom is 0.131 e. The molecule has 2 nitrogen and oxygen atoms in total. The molecular weight excluding hydrogens is 268 g/mol. The largest absolute Gasteiger partial charge is 0.507 e. The molecule has 0 saturated heterocycles. The predicted octanol–water partition coefficient (Wildman–Crippen LogP) is 4.08. The van der Waals surface area contributed by atoms with E-state index in [-0.39, 0.29) is 5.75 Å². The predicted molar refractivity (Wildman–Crippen MR) is 67.3 cm³/mol. The maximum atomic E-state index is 9.66. The van der Waals surface area contributed by atoms with Gasteiger partial charge in [-0.15, -0.1) is 0 Å². The first kappa shape index (κ1) is 11.0. The first-order valence-corrected chi connectivity index (χ1v) is 6.02. The molecule has 0 radical (unpaired) electrons. The highest BCUT2D eigenvalue weighted by atomic mass is 79.9. The minimum atomic E-state index is 0.241. The van der Waals surface area contributed by atoms with Crippen LogP contribution in [0.15, 0.2) is 48.5 Å². The zero-order chi connectivity index (χ0) is 11.4. The van der Waals surface area contributed by atoms with Crippen molar-refractivity contribution in [3.63, 3.8) is 0 Å². The highest BCUT2D eigenvalue weighted by molar-refractivity contribution is 9.08. The van der Waals surface area contributed by atoms with Crippen LogP contribution in [0.4, 0.5) is 0 Å². The fourth-order valence-electron chi connectivity index (χ4n) is 1.34. The van der Waals surface area contributed by atoms with Gasteiger partial charge in [-0.3, -0.25) is 0 Å².